The number of carbonyl (C=O) groups is 3. The van der Waals surface area contributed by atoms with Crippen molar-refractivity contribution in [3.05, 3.63) is 64.8 Å². The van der Waals surface area contributed by atoms with Gasteiger partial charge >= 0.3 is 6.03 Å². The SMILES string of the molecule is COc1ccccc1NC(=O)CN1C(=O)N/C(=C\c2ccc(Cl)cc2)C1=O. The average Bonchev–Trinajstić information content (AvgIpc) is 2.91. The summed E-state index contributed by atoms with van der Waals surface area (Å²) < 4.78 is 5.16. The standard InChI is InChI=1S/C19H16ClN3O4/c1-27-16-5-3-2-4-14(16)21-17(24)11-23-18(25)15(22-19(23)26)10-12-6-8-13(20)9-7-12/h2-10H,11H2,1H3,(H,21,24)(H,22,26)/b15-10-. The zero-order valence-corrected chi connectivity index (χ0v) is 15.1. The number of nitrogens with zero attached hydrogens (tertiary/aromatic N) is 1. The van der Waals surface area contributed by atoms with Crippen LogP contribution >= 0.6 is 11.6 Å². The minimum Gasteiger partial charge on any atom is -0.495 e. The first-order chi connectivity index (χ1) is 13.0. The lowest BCUT2D eigenvalue weighted by Crippen LogP contribution is -2.38. The molecule has 0 aliphatic carbocycles. The third-order valence-electron chi connectivity index (χ3n) is 3.83. The van der Waals surface area contributed by atoms with Gasteiger partial charge in [-0.05, 0) is 35.9 Å². The van der Waals surface area contributed by atoms with E-state index in [2.05, 4.69) is 10.6 Å². The maximum absolute atomic E-state index is 12.4. The molecule has 138 valence electrons. The number of hydrogen-bond donors (Lipinski definition) is 2. The number of hydrogen-bond acceptors (Lipinski definition) is 4. The molecule has 0 radical (unpaired) electrons. The predicted octanol–water partition coefficient (Wildman–Crippen LogP) is 2.88. The van der Waals surface area contributed by atoms with E-state index in [9.17, 15) is 14.4 Å². The van der Waals surface area contributed by atoms with Crippen molar-refractivity contribution in [2.45, 2.75) is 0 Å². The fourth-order valence-corrected chi connectivity index (χ4v) is 2.65. The molecular formula is C19H16ClN3O4. The second-order valence-electron chi connectivity index (χ2n) is 5.68. The Morgan fingerprint density at radius 3 is 2.59 bits per heavy atom. The molecule has 8 heteroatoms. The van der Waals surface area contributed by atoms with Gasteiger partial charge in [0.1, 0.15) is 18.0 Å². The molecule has 2 aromatic carbocycles. The quantitative estimate of drug-likeness (QED) is 0.612. The van der Waals surface area contributed by atoms with Crippen LogP contribution in [0.25, 0.3) is 6.08 Å². The Balaban J connectivity index is 1.70. The zero-order valence-electron chi connectivity index (χ0n) is 14.4. The molecule has 1 saturated heterocycles. The maximum Gasteiger partial charge on any atom is 0.329 e. The van der Waals surface area contributed by atoms with Crippen molar-refractivity contribution in [2.75, 3.05) is 19.0 Å². The van der Waals surface area contributed by atoms with E-state index in [1.54, 1.807) is 48.5 Å². The van der Waals surface area contributed by atoms with E-state index in [0.717, 1.165) is 4.90 Å². The molecule has 1 aliphatic rings. The Kier molecular flexibility index (Phi) is 5.42. The number of halogens is 1. The van der Waals surface area contributed by atoms with Crippen LogP contribution in [-0.4, -0.2) is 36.4 Å². The van der Waals surface area contributed by atoms with Gasteiger partial charge < -0.3 is 15.4 Å². The van der Waals surface area contributed by atoms with E-state index >= 15 is 0 Å². The molecule has 4 amide bonds. The van der Waals surface area contributed by atoms with E-state index in [0.29, 0.717) is 22.0 Å². The summed E-state index contributed by atoms with van der Waals surface area (Å²) >= 11 is 5.83. The zero-order chi connectivity index (χ0) is 19.4. The Morgan fingerprint density at radius 2 is 1.89 bits per heavy atom. The molecule has 1 aliphatic heterocycles. The number of para-hydroxylation sites is 2. The van der Waals surface area contributed by atoms with Gasteiger partial charge in [-0.2, -0.15) is 0 Å². The first kappa shape index (κ1) is 18.5. The van der Waals surface area contributed by atoms with Gasteiger partial charge in [0.25, 0.3) is 5.91 Å². The number of carbonyl (C=O) groups excluding carboxylic acids is 3. The topological polar surface area (TPSA) is 87.7 Å². The van der Waals surface area contributed by atoms with Crippen LogP contribution in [-0.2, 0) is 9.59 Å². The number of benzene rings is 2. The molecule has 0 atom stereocenters. The molecule has 0 unspecified atom stereocenters. The number of imide groups is 1. The molecule has 27 heavy (non-hydrogen) atoms. The second kappa shape index (κ2) is 7.92. The van der Waals surface area contributed by atoms with Gasteiger partial charge in [-0.1, -0.05) is 35.9 Å². The van der Waals surface area contributed by atoms with Crippen LogP contribution in [0.1, 0.15) is 5.56 Å². The van der Waals surface area contributed by atoms with E-state index in [-0.39, 0.29) is 5.70 Å². The van der Waals surface area contributed by atoms with Crippen LogP contribution in [0.4, 0.5) is 10.5 Å². The van der Waals surface area contributed by atoms with Crippen molar-refractivity contribution >= 4 is 41.2 Å². The fourth-order valence-electron chi connectivity index (χ4n) is 2.52. The summed E-state index contributed by atoms with van der Waals surface area (Å²) in [5, 5.41) is 5.66. The summed E-state index contributed by atoms with van der Waals surface area (Å²) in [6.45, 7) is -0.416. The van der Waals surface area contributed by atoms with Crippen LogP contribution in [0.2, 0.25) is 5.02 Å². The van der Waals surface area contributed by atoms with Gasteiger partial charge in [-0.15, -0.1) is 0 Å². The Hall–Kier alpha value is -3.32. The normalized spacial score (nSPS) is 15.0. The Bertz CT molecular complexity index is 925. The van der Waals surface area contributed by atoms with Gasteiger partial charge in [-0.25, -0.2) is 9.69 Å². The lowest BCUT2D eigenvalue weighted by molar-refractivity contribution is -0.127. The molecule has 0 bridgehead atoms. The van der Waals surface area contributed by atoms with Crippen molar-refractivity contribution in [3.8, 4) is 5.75 Å². The van der Waals surface area contributed by atoms with E-state index < -0.39 is 24.4 Å². The summed E-state index contributed by atoms with van der Waals surface area (Å²) in [5.74, 6) is -0.618. The van der Waals surface area contributed by atoms with Crippen molar-refractivity contribution < 1.29 is 19.1 Å². The van der Waals surface area contributed by atoms with Crippen molar-refractivity contribution in [2.24, 2.45) is 0 Å². The highest BCUT2D eigenvalue weighted by Crippen LogP contribution is 2.23. The highest BCUT2D eigenvalue weighted by atomic mass is 35.5. The van der Waals surface area contributed by atoms with Gasteiger partial charge in [0, 0.05) is 5.02 Å². The minimum atomic E-state index is -0.657. The molecule has 0 saturated carbocycles. The van der Waals surface area contributed by atoms with Crippen LogP contribution in [0.3, 0.4) is 0 Å². The largest absolute Gasteiger partial charge is 0.495 e. The number of anilines is 1. The van der Waals surface area contributed by atoms with Crippen LogP contribution in [0.5, 0.6) is 5.75 Å². The number of urea groups is 1. The molecule has 0 spiro atoms. The summed E-state index contributed by atoms with van der Waals surface area (Å²) in [6, 6.07) is 13.0. The van der Waals surface area contributed by atoms with Gasteiger partial charge in [0.05, 0.1) is 12.8 Å². The van der Waals surface area contributed by atoms with Crippen LogP contribution < -0.4 is 15.4 Å². The fraction of sp³-hybridized carbons (Fsp3) is 0.105. The molecular weight excluding hydrogens is 370 g/mol. The average molecular weight is 386 g/mol. The number of ether oxygens (including phenoxy) is 1. The number of nitrogens with one attached hydrogen (secondary N) is 2. The third-order valence-corrected chi connectivity index (χ3v) is 4.08. The molecule has 2 N–H and O–H groups in total. The van der Waals surface area contributed by atoms with E-state index in [1.807, 2.05) is 0 Å². The maximum atomic E-state index is 12.4. The summed E-state index contributed by atoms with van der Waals surface area (Å²) in [5.41, 5.74) is 1.24. The van der Waals surface area contributed by atoms with E-state index in [4.69, 9.17) is 16.3 Å². The smallest absolute Gasteiger partial charge is 0.329 e. The third kappa shape index (κ3) is 4.27. The summed E-state index contributed by atoms with van der Waals surface area (Å²) in [7, 11) is 1.48. The van der Waals surface area contributed by atoms with Crippen molar-refractivity contribution in [1.29, 1.82) is 0 Å². The predicted molar refractivity (Wildman–Crippen MR) is 101 cm³/mol. The Labute approximate surface area is 160 Å². The molecule has 1 fully saturated rings. The van der Waals surface area contributed by atoms with Gasteiger partial charge in [-0.3, -0.25) is 9.59 Å². The van der Waals surface area contributed by atoms with Crippen molar-refractivity contribution in [1.82, 2.24) is 10.2 Å². The molecule has 3 rings (SSSR count). The van der Waals surface area contributed by atoms with E-state index in [1.165, 1.54) is 13.2 Å². The highest BCUT2D eigenvalue weighted by Gasteiger charge is 2.35. The Morgan fingerprint density at radius 1 is 1.19 bits per heavy atom. The molecule has 7 nitrogen and oxygen atoms in total. The highest BCUT2D eigenvalue weighted by molar-refractivity contribution is 6.30. The van der Waals surface area contributed by atoms with Crippen LogP contribution in [0, 0.1) is 0 Å². The first-order valence-electron chi connectivity index (χ1n) is 8.01. The first-order valence-corrected chi connectivity index (χ1v) is 8.38. The summed E-state index contributed by atoms with van der Waals surface area (Å²) in [4.78, 5) is 37.6. The number of amides is 4. The van der Waals surface area contributed by atoms with Gasteiger partial charge in [0.15, 0.2) is 0 Å². The number of methoxy groups -OCH3 is 1. The molecule has 1 heterocycles. The summed E-state index contributed by atoms with van der Waals surface area (Å²) in [6.07, 6.45) is 1.52. The van der Waals surface area contributed by atoms with Crippen molar-refractivity contribution in [3.63, 3.8) is 0 Å². The van der Waals surface area contributed by atoms with Crippen LogP contribution in [0.15, 0.2) is 54.2 Å². The molecule has 2 aromatic rings. The second-order valence-corrected chi connectivity index (χ2v) is 6.12. The lowest BCUT2D eigenvalue weighted by Gasteiger charge is -2.13. The minimum absolute atomic E-state index is 0.0902. The number of rotatable bonds is 5. The van der Waals surface area contributed by atoms with Gasteiger partial charge in [0.2, 0.25) is 5.91 Å². The lowest BCUT2D eigenvalue weighted by atomic mass is 10.2. The monoisotopic (exact) mass is 385 g/mol. The molecule has 0 aromatic heterocycles.